The Morgan fingerprint density at radius 1 is 1.17 bits per heavy atom. The van der Waals surface area contributed by atoms with Crippen molar-refractivity contribution in [3.63, 3.8) is 0 Å². The van der Waals surface area contributed by atoms with E-state index < -0.39 is 21.7 Å². The molecule has 115 valence electrons. The van der Waals surface area contributed by atoms with Crippen LogP contribution in [0.25, 0.3) is 10.9 Å². The molecule has 0 unspecified atom stereocenters. The van der Waals surface area contributed by atoms with Crippen LogP contribution in [-0.2, 0) is 0 Å². The van der Waals surface area contributed by atoms with Gasteiger partial charge in [-0.2, -0.15) is 0 Å². The van der Waals surface area contributed by atoms with Crippen molar-refractivity contribution in [1.82, 2.24) is 4.98 Å². The van der Waals surface area contributed by atoms with Crippen molar-refractivity contribution in [2.75, 3.05) is 7.11 Å². The van der Waals surface area contributed by atoms with Gasteiger partial charge in [-0.15, -0.1) is 0 Å². The Kier molecular flexibility index (Phi) is 4.30. The number of benzene rings is 2. The predicted octanol–water partition coefficient (Wildman–Crippen LogP) is 1.74. The van der Waals surface area contributed by atoms with Crippen molar-refractivity contribution in [3.05, 3.63) is 59.9 Å². The second-order valence-electron chi connectivity index (χ2n) is 4.81. The number of hydrogen-bond acceptors (Lipinski definition) is 3. The maximum atomic E-state index is 13.0. The molecule has 0 saturated heterocycles. The van der Waals surface area contributed by atoms with E-state index in [4.69, 9.17) is 4.74 Å². The molecule has 3 rings (SSSR count). The van der Waals surface area contributed by atoms with Crippen LogP contribution in [0.3, 0.4) is 0 Å². The van der Waals surface area contributed by atoms with E-state index in [2.05, 4.69) is 4.98 Å². The van der Waals surface area contributed by atoms with Gasteiger partial charge in [0.25, 0.3) is 0 Å². The van der Waals surface area contributed by atoms with Gasteiger partial charge >= 0.3 is 138 Å². The Morgan fingerprint density at radius 2 is 1.91 bits per heavy atom. The molecule has 2 aromatic carbocycles. The minimum atomic E-state index is -1.01. The fourth-order valence-electron chi connectivity index (χ4n) is 2.14. The van der Waals surface area contributed by atoms with E-state index in [-0.39, 0.29) is 11.4 Å². The summed E-state index contributed by atoms with van der Waals surface area (Å²) < 4.78 is 19.6. The Balaban J connectivity index is 2.10. The van der Waals surface area contributed by atoms with Crippen molar-refractivity contribution in [2.24, 2.45) is 0 Å². The summed E-state index contributed by atoms with van der Waals surface area (Å²) in [5, 5.41) is 10.2. The maximum absolute atomic E-state index is 13.0. The van der Waals surface area contributed by atoms with Gasteiger partial charge in [0.1, 0.15) is 0 Å². The summed E-state index contributed by atoms with van der Waals surface area (Å²) in [6, 6.07) is 13.0. The van der Waals surface area contributed by atoms with Gasteiger partial charge in [-0.05, 0) is 0 Å². The van der Waals surface area contributed by atoms with Crippen molar-refractivity contribution >= 4 is 41.5 Å². The molecule has 0 aliphatic carbocycles. The first-order valence-corrected chi connectivity index (χ1v) is 8.64. The SMILES string of the molecule is COc1ccc2cc(C(=O)O)c([As]c3ccc(F)cc3)nc2c1. The molecular weight excluding hydrogens is 360 g/mol. The monoisotopic (exact) mass is 372 g/mol. The third kappa shape index (κ3) is 3.35. The molecule has 1 aromatic heterocycles. The number of halogens is 1. The molecule has 0 amide bonds. The molecule has 1 radical (unpaired) electrons. The molecular formula is C17H12AsFNO3. The van der Waals surface area contributed by atoms with Gasteiger partial charge in [0.2, 0.25) is 0 Å². The third-order valence-corrected chi connectivity index (χ3v) is 5.62. The number of pyridine rings is 1. The average molecular weight is 372 g/mol. The third-order valence-electron chi connectivity index (χ3n) is 3.30. The summed E-state index contributed by atoms with van der Waals surface area (Å²) in [5.41, 5.74) is 0.869. The van der Waals surface area contributed by atoms with E-state index in [1.54, 1.807) is 43.5 Å². The zero-order chi connectivity index (χ0) is 16.4. The van der Waals surface area contributed by atoms with Crippen molar-refractivity contribution in [1.29, 1.82) is 0 Å². The zero-order valence-electron chi connectivity index (χ0n) is 12.2. The number of methoxy groups -OCH3 is 1. The Labute approximate surface area is 138 Å². The van der Waals surface area contributed by atoms with E-state index in [1.807, 2.05) is 0 Å². The summed E-state index contributed by atoms with van der Waals surface area (Å²) in [6.45, 7) is 0. The van der Waals surface area contributed by atoms with E-state index in [0.29, 0.717) is 15.7 Å². The van der Waals surface area contributed by atoms with Gasteiger partial charge in [0, 0.05) is 0 Å². The molecule has 0 saturated carbocycles. The summed E-state index contributed by atoms with van der Waals surface area (Å²) in [6.07, 6.45) is 0. The van der Waals surface area contributed by atoms with Gasteiger partial charge in [-0.25, -0.2) is 0 Å². The van der Waals surface area contributed by atoms with Crippen LogP contribution in [0.15, 0.2) is 48.5 Å². The molecule has 0 bridgehead atoms. The Morgan fingerprint density at radius 3 is 2.57 bits per heavy atom. The van der Waals surface area contributed by atoms with Crippen molar-refractivity contribution in [3.8, 4) is 5.75 Å². The van der Waals surface area contributed by atoms with E-state index >= 15 is 0 Å². The van der Waals surface area contributed by atoms with Gasteiger partial charge in [0.15, 0.2) is 0 Å². The minimum absolute atomic E-state index is 0.187. The number of rotatable bonds is 4. The number of fused-ring (bicyclic) bond motifs is 1. The predicted molar refractivity (Wildman–Crippen MR) is 86.7 cm³/mol. The second kappa shape index (κ2) is 6.39. The Hall–Kier alpha value is -2.39. The van der Waals surface area contributed by atoms with Crippen LogP contribution in [0.5, 0.6) is 5.75 Å². The van der Waals surface area contributed by atoms with Crippen molar-refractivity contribution in [2.45, 2.75) is 0 Å². The molecule has 0 fully saturated rings. The standard InChI is InChI=1S/C17H12AsFNO3/c1-23-13-7-2-10-8-14(17(21)22)16(20-15(10)9-13)18-11-3-5-12(19)6-4-11/h2-9H,1H3,(H,21,22). The van der Waals surface area contributed by atoms with Crippen LogP contribution in [0, 0.1) is 5.82 Å². The fourth-order valence-corrected chi connectivity index (χ4v) is 4.20. The molecule has 0 aliphatic heterocycles. The quantitative estimate of drug-likeness (QED) is 0.709. The summed E-state index contributed by atoms with van der Waals surface area (Å²) >= 11 is -0.659. The molecule has 6 heteroatoms. The molecule has 3 aromatic rings. The molecule has 0 atom stereocenters. The molecule has 0 aliphatic rings. The van der Waals surface area contributed by atoms with Crippen LogP contribution in [0.2, 0.25) is 0 Å². The van der Waals surface area contributed by atoms with Crippen LogP contribution >= 0.6 is 0 Å². The van der Waals surface area contributed by atoms with Gasteiger partial charge in [0.05, 0.1) is 0 Å². The molecule has 23 heavy (non-hydrogen) atoms. The van der Waals surface area contributed by atoms with Crippen molar-refractivity contribution < 1.29 is 19.0 Å². The number of aromatic carboxylic acids is 1. The second-order valence-corrected chi connectivity index (χ2v) is 7.25. The summed E-state index contributed by atoms with van der Waals surface area (Å²) in [5.74, 6) is -0.663. The number of aromatic nitrogens is 1. The average Bonchev–Trinajstić information content (AvgIpc) is 2.55. The Bertz CT molecular complexity index is 881. The number of carboxylic acid groups (broad SMARTS) is 1. The van der Waals surface area contributed by atoms with Gasteiger partial charge in [-0.1, -0.05) is 0 Å². The van der Waals surface area contributed by atoms with E-state index in [1.165, 1.54) is 12.1 Å². The molecule has 4 nitrogen and oxygen atoms in total. The number of nitrogens with zero attached hydrogens (tertiary/aromatic N) is 1. The number of carboxylic acids is 1. The zero-order valence-corrected chi connectivity index (χ0v) is 14.0. The molecule has 1 heterocycles. The fraction of sp³-hybridized carbons (Fsp3) is 0.0588. The van der Waals surface area contributed by atoms with Crippen LogP contribution in [0.4, 0.5) is 4.39 Å². The summed E-state index contributed by atoms with van der Waals surface area (Å²) in [7, 11) is 1.57. The van der Waals surface area contributed by atoms with E-state index in [9.17, 15) is 14.3 Å². The molecule has 1 N–H and O–H groups in total. The first kappa shape index (κ1) is 15.5. The van der Waals surface area contributed by atoms with Crippen LogP contribution in [0.1, 0.15) is 10.4 Å². The van der Waals surface area contributed by atoms with Crippen LogP contribution < -0.4 is 13.6 Å². The topological polar surface area (TPSA) is 59.4 Å². The van der Waals surface area contributed by atoms with Gasteiger partial charge < -0.3 is 0 Å². The molecule has 0 spiro atoms. The van der Waals surface area contributed by atoms with Crippen LogP contribution in [-0.4, -0.2) is 38.9 Å². The normalized spacial score (nSPS) is 11.2. The summed E-state index contributed by atoms with van der Waals surface area (Å²) in [4.78, 5) is 16.0. The van der Waals surface area contributed by atoms with Gasteiger partial charge in [-0.3, -0.25) is 0 Å². The first-order valence-electron chi connectivity index (χ1n) is 6.76. The van der Waals surface area contributed by atoms with E-state index in [0.717, 1.165) is 9.74 Å². The number of carbonyl (C=O) groups is 1. The number of hydrogen-bond donors (Lipinski definition) is 1. The first-order chi connectivity index (χ1) is 11.1. The number of ether oxygens (including phenoxy) is 1.